The Morgan fingerprint density at radius 1 is 1.27 bits per heavy atom. The molecule has 0 spiro atoms. The number of benzene rings is 1. The molecule has 0 bridgehead atoms. The molecule has 1 aromatic carbocycles. The van der Waals surface area contributed by atoms with Crippen molar-refractivity contribution < 1.29 is 4.74 Å². The van der Waals surface area contributed by atoms with Gasteiger partial charge in [-0.15, -0.1) is 0 Å². The van der Waals surface area contributed by atoms with Crippen LogP contribution >= 0.6 is 22.9 Å². The van der Waals surface area contributed by atoms with Gasteiger partial charge in [0.1, 0.15) is 16.9 Å². The Balaban J connectivity index is 1.56. The molecule has 5 aromatic rings. The summed E-state index contributed by atoms with van der Waals surface area (Å²) < 4.78 is 10.0. The fourth-order valence-electron chi connectivity index (χ4n) is 4.46. The van der Waals surface area contributed by atoms with Crippen LogP contribution in [0.15, 0.2) is 36.1 Å². The van der Waals surface area contributed by atoms with Gasteiger partial charge in [-0.25, -0.2) is 14.5 Å². The second-order valence-corrected chi connectivity index (χ2v) is 9.03. The third-order valence-electron chi connectivity index (χ3n) is 5.75. The van der Waals surface area contributed by atoms with Gasteiger partial charge in [-0.05, 0) is 38.0 Å². The summed E-state index contributed by atoms with van der Waals surface area (Å²) in [6, 6.07) is 6.15. The fourth-order valence-corrected chi connectivity index (χ4v) is 5.25. The molecule has 152 valence electrons. The molecule has 5 heterocycles. The average Bonchev–Trinajstić information content (AvgIpc) is 3.41. The summed E-state index contributed by atoms with van der Waals surface area (Å²) in [4.78, 5) is 15.2. The van der Waals surface area contributed by atoms with Crippen LogP contribution in [0.4, 0.5) is 0 Å². The van der Waals surface area contributed by atoms with E-state index in [1.807, 2.05) is 35.1 Å². The number of pyridine rings is 1. The third-order valence-corrected chi connectivity index (χ3v) is 6.67. The number of nitrogens with zero attached hydrogens (tertiary/aromatic N) is 6. The Morgan fingerprint density at radius 3 is 3.07 bits per heavy atom. The van der Waals surface area contributed by atoms with Gasteiger partial charge in [-0.3, -0.25) is 4.98 Å². The van der Waals surface area contributed by atoms with Crippen molar-refractivity contribution >= 4 is 49.8 Å². The van der Waals surface area contributed by atoms with E-state index in [0.717, 1.165) is 57.9 Å². The van der Waals surface area contributed by atoms with Gasteiger partial charge in [-0.2, -0.15) is 5.10 Å². The molecule has 1 aliphatic rings. The molecule has 0 N–H and O–H groups in total. The molecule has 0 radical (unpaired) electrons. The fraction of sp³-hybridized carbons (Fsp3) is 0.333. The number of imidazole rings is 2. The highest BCUT2D eigenvalue weighted by Gasteiger charge is 2.26. The van der Waals surface area contributed by atoms with Crippen LogP contribution in [0.3, 0.4) is 0 Å². The van der Waals surface area contributed by atoms with Crippen LogP contribution in [0.25, 0.3) is 26.9 Å². The van der Waals surface area contributed by atoms with Crippen molar-refractivity contribution in [2.75, 3.05) is 6.61 Å². The maximum atomic E-state index is 6.35. The molecule has 7 nitrogen and oxygen atoms in total. The molecule has 1 saturated heterocycles. The Morgan fingerprint density at radius 2 is 2.20 bits per heavy atom. The highest BCUT2D eigenvalue weighted by molar-refractivity contribution is 7.14. The Kier molecular flexibility index (Phi) is 4.26. The van der Waals surface area contributed by atoms with Gasteiger partial charge in [0.05, 0.1) is 35.2 Å². The van der Waals surface area contributed by atoms with E-state index >= 15 is 0 Å². The van der Waals surface area contributed by atoms with Crippen molar-refractivity contribution in [2.45, 2.75) is 38.3 Å². The first-order valence-corrected chi connectivity index (χ1v) is 11.3. The standard InChI is InChI=1S/C21H19ClN6OS/c1-12-6-15(4-5-29-12)28-19(8-14-10-27-21(25-14)30-11-24-27)26-18-9-23-17-3-2-13(22)7-16(17)20(18)28/h2-3,7,9-12,15H,4-6,8H2,1H3/t12-,15-/m0/s1. The first kappa shape index (κ1) is 18.2. The molecular formula is C21H19ClN6OS. The number of aromatic nitrogens is 6. The molecule has 6 rings (SSSR count). The van der Waals surface area contributed by atoms with Crippen molar-refractivity contribution in [3.8, 4) is 0 Å². The second kappa shape index (κ2) is 7.01. The van der Waals surface area contributed by atoms with Gasteiger partial charge in [0.15, 0.2) is 0 Å². The summed E-state index contributed by atoms with van der Waals surface area (Å²) in [6.07, 6.45) is 6.60. The highest BCUT2D eigenvalue weighted by atomic mass is 35.5. The summed E-state index contributed by atoms with van der Waals surface area (Å²) in [5.41, 5.74) is 5.66. The van der Waals surface area contributed by atoms with Crippen LogP contribution in [0, 0.1) is 0 Å². The van der Waals surface area contributed by atoms with Gasteiger partial charge in [-0.1, -0.05) is 22.9 Å². The molecule has 9 heteroatoms. The summed E-state index contributed by atoms with van der Waals surface area (Å²) in [6.45, 7) is 2.88. The summed E-state index contributed by atoms with van der Waals surface area (Å²) in [7, 11) is 0. The number of hydrogen-bond donors (Lipinski definition) is 0. The lowest BCUT2D eigenvalue weighted by molar-refractivity contribution is 0.00631. The molecular weight excluding hydrogens is 420 g/mol. The van der Waals surface area contributed by atoms with Crippen molar-refractivity contribution in [1.82, 2.24) is 29.1 Å². The molecule has 0 saturated carbocycles. The number of halogens is 1. The minimum absolute atomic E-state index is 0.216. The molecule has 30 heavy (non-hydrogen) atoms. The van der Waals surface area contributed by atoms with Crippen LogP contribution in [-0.4, -0.2) is 41.8 Å². The SMILES string of the molecule is C[C@H]1C[C@@H](n2c(Cc3cn4ncsc4n3)nc3cnc4ccc(Cl)cc4c32)CCO1. The zero-order valence-electron chi connectivity index (χ0n) is 16.3. The Hall–Kier alpha value is -2.55. The predicted molar refractivity (Wildman–Crippen MR) is 117 cm³/mol. The maximum absolute atomic E-state index is 6.35. The monoisotopic (exact) mass is 438 g/mol. The van der Waals surface area contributed by atoms with Gasteiger partial charge in [0.2, 0.25) is 4.96 Å². The van der Waals surface area contributed by atoms with Gasteiger partial charge in [0, 0.05) is 29.5 Å². The number of hydrogen-bond acceptors (Lipinski definition) is 6. The topological polar surface area (TPSA) is 70.1 Å². The minimum atomic E-state index is 0.216. The van der Waals surface area contributed by atoms with Crippen molar-refractivity contribution in [3.63, 3.8) is 0 Å². The third kappa shape index (κ3) is 2.98. The van der Waals surface area contributed by atoms with E-state index in [2.05, 4.69) is 21.6 Å². The van der Waals surface area contributed by atoms with E-state index in [1.54, 1.807) is 5.51 Å². The zero-order valence-corrected chi connectivity index (χ0v) is 17.9. The van der Waals surface area contributed by atoms with E-state index in [4.69, 9.17) is 26.3 Å². The Labute approximate surface area is 181 Å². The van der Waals surface area contributed by atoms with Gasteiger partial charge in [0.25, 0.3) is 0 Å². The molecule has 1 fully saturated rings. The van der Waals surface area contributed by atoms with E-state index in [9.17, 15) is 0 Å². The normalized spacial score (nSPS) is 19.9. The van der Waals surface area contributed by atoms with E-state index in [0.29, 0.717) is 17.5 Å². The Bertz CT molecular complexity index is 1360. The van der Waals surface area contributed by atoms with Crippen LogP contribution in [0.2, 0.25) is 5.02 Å². The number of fused-ring (bicyclic) bond motifs is 4. The van der Waals surface area contributed by atoms with Crippen LogP contribution in [0.1, 0.15) is 37.3 Å². The highest BCUT2D eigenvalue weighted by Crippen LogP contribution is 2.35. The smallest absolute Gasteiger partial charge is 0.212 e. The molecule has 1 aliphatic heterocycles. The first-order chi connectivity index (χ1) is 14.7. The van der Waals surface area contributed by atoms with E-state index in [-0.39, 0.29) is 6.10 Å². The number of ether oxygens (including phenoxy) is 1. The summed E-state index contributed by atoms with van der Waals surface area (Å²) in [5.74, 6) is 0.990. The molecule has 0 aliphatic carbocycles. The largest absolute Gasteiger partial charge is 0.378 e. The van der Waals surface area contributed by atoms with Gasteiger partial charge >= 0.3 is 0 Å². The molecule has 2 atom stereocenters. The summed E-state index contributed by atoms with van der Waals surface area (Å²) >= 11 is 7.89. The minimum Gasteiger partial charge on any atom is -0.378 e. The van der Waals surface area contributed by atoms with Crippen LogP contribution in [0.5, 0.6) is 0 Å². The average molecular weight is 439 g/mol. The zero-order chi connectivity index (χ0) is 20.2. The van der Waals surface area contributed by atoms with Crippen LogP contribution < -0.4 is 0 Å². The van der Waals surface area contributed by atoms with Crippen molar-refractivity contribution in [2.24, 2.45) is 0 Å². The summed E-state index contributed by atoms with van der Waals surface area (Å²) in [5, 5.41) is 6.03. The molecule has 0 amide bonds. The predicted octanol–water partition coefficient (Wildman–Crippen LogP) is 4.67. The second-order valence-electron chi connectivity index (χ2n) is 7.79. The molecule has 0 unspecified atom stereocenters. The van der Waals surface area contributed by atoms with E-state index < -0.39 is 0 Å². The molecule has 4 aromatic heterocycles. The van der Waals surface area contributed by atoms with Crippen molar-refractivity contribution in [1.29, 1.82) is 0 Å². The van der Waals surface area contributed by atoms with E-state index in [1.165, 1.54) is 11.3 Å². The van der Waals surface area contributed by atoms with Crippen LogP contribution in [-0.2, 0) is 11.2 Å². The lowest BCUT2D eigenvalue weighted by Gasteiger charge is -2.30. The van der Waals surface area contributed by atoms with Gasteiger partial charge < -0.3 is 9.30 Å². The van der Waals surface area contributed by atoms with Crippen molar-refractivity contribution in [3.05, 3.63) is 52.6 Å². The lowest BCUT2D eigenvalue weighted by atomic mass is 10.0. The lowest BCUT2D eigenvalue weighted by Crippen LogP contribution is -2.26. The first-order valence-electron chi connectivity index (χ1n) is 10.00. The quantitative estimate of drug-likeness (QED) is 0.409. The number of rotatable bonds is 3. The maximum Gasteiger partial charge on any atom is 0.212 e.